The molecule has 16 heavy (non-hydrogen) atoms. The zero-order valence-corrected chi connectivity index (χ0v) is 9.50. The van der Waals surface area contributed by atoms with Crippen LogP contribution in [-0.2, 0) is 0 Å². The first-order valence-corrected chi connectivity index (χ1v) is 5.61. The number of rotatable bonds is 3. The van der Waals surface area contributed by atoms with Gasteiger partial charge in [0.05, 0.1) is 6.20 Å². The fraction of sp³-hybridized carbons (Fsp3) is 0.182. The van der Waals surface area contributed by atoms with Crippen LogP contribution in [0.4, 0.5) is 4.39 Å². The van der Waals surface area contributed by atoms with Gasteiger partial charge in [-0.15, -0.1) is 0 Å². The Morgan fingerprint density at radius 1 is 1.50 bits per heavy atom. The molecule has 0 aliphatic heterocycles. The first-order valence-electron chi connectivity index (χ1n) is 4.79. The molecule has 0 amide bonds. The molecule has 2 N–H and O–H groups in total. The molecule has 0 spiro atoms. The molecule has 0 fully saturated rings. The van der Waals surface area contributed by atoms with E-state index in [0.29, 0.717) is 5.22 Å². The Balaban J connectivity index is 2.33. The molecule has 0 saturated carbocycles. The van der Waals surface area contributed by atoms with Gasteiger partial charge in [0.2, 0.25) is 0 Å². The van der Waals surface area contributed by atoms with E-state index in [1.54, 1.807) is 12.3 Å². The van der Waals surface area contributed by atoms with Gasteiger partial charge in [-0.05, 0) is 42.4 Å². The molecule has 1 unspecified atom stereocenters. The SMILES string of the molecule is CC(N)c1cc(F)ccc1Sc1ncco1. The third-order valence-electron chi connectivity index (χ3n) is 2.07. The zero-order chi connectivity index (χ0) is 11.5. The third kappa shape index (κ3) is 2.43. The predicted octanol–water partition coefficient (Wildman–Crippen LogP) is 2.98. The molecule has 2 rings (SSSR count). The lowest BCUT2D eigenvalue weighted by atomic mass is 10.1. The number of nitrogens with two attached hydrogens (primary N) is 1. The zero-order valence-electron chi connectivity index (χ0n) is 8.68. The maximum Gasteiger partial charge on any atom is 0.260 e. The minimum atomic E-state index is -0.288. The number of benzene rings is 1. The van der Waals surface area contributed by atoms with Gasteiger partial charge in [-0.1, -0.05) is 0 Å². The van der Waals surface area contributed by atoms with Crippen LogP contribution in [0.5, 0.6) is 0 Å². The molecule has 1 atom stereocenters. The second-order valence-electron chi connectivity index (χ2n) is 3.37. The minimum absolute atomic E-state index is 0.229. The number of oxazole rings is 1. The molecule has 84 valence electrons. The van der Waals surface area contributed by atoms with E-state index in [1.165, 1.54) is 30.2 Å². The Morgan fingerprint density at radius 2 is 2.31 bits per heavy atom. The maximum atomic E-state index is 13.1. The molecule has 0 bridgehead atoms. The molecule has 1 aromatic carbocycles. The lowest BCUT2D eigenvalue weighted by Crippen LogP contribution is -2.06. The highest BCUT2D eigenvalue weighted by Gasteiger charge is 2.11. The van der Waals surface area contributed by atoms with Crippen LogP contribution in [-0.4, -0.2) is 4.98 Å². The average molecular weight is 238 g/mol. The standard InChI is InChI=1S/C11H11FN2OS/c1-7(13)9-6-8(12)2-3-10(9)16-11-14-4-5-15-11/h2-7H,13H2,1H3. The third-order valence-corrected chi connectivity index (χ3v) is 3.04. The van der Waals surface area contributed by atoms with Crippen molar-refractivity contribution < 1.29 is 8.81 Å². The summed E-state index contributed by atoms with van der Waals surface area (Å²) in [4.78, 5) is 4.86. The topological polar surface area (TPSA) is 52.0 Å². The number of nitrogens with zero attached hydrogens (tertiary/aromatic N) is 1. The number of halogens is 1. The predicted molar refractivity (Wildman–Crippen MR) is 59.6 cm³/mol. The highest BCUT2D eigenvalue weighted by atomic mass is 32.2. The van der Waals surface area contributed by atoms with Crippen molar-refractivity contribution in [1.29, 1.82) is 0 Å². The van der Waals surface area contributed by atoms with Gasteiger partial charge in [-0.3, -0.25) is 0 Å². The van der Waals surface area contributed by atoms with Gasteiger partial charge < -0.3 is 10.2 Å². The van der Waals surface area contributed by atoms with Gasteiger partial charge in [0.1, 0.15) is 12.1 Å². The van der Waals surface area contributed by atoms with Crippen LogP contribution in [0.1, 0.15) is 18.5 Å². The smallest absolute Gasteiger partial charge is 0.260 e. The van der Waals surface area contributed by atoms with E-state index in [2.05, 4.69) is 4.98 Å². The van der Waals surface area contributed by atoms with Crippen molar-refractivity contribution in [2.24, 2.45) is 5.73 Å². The van der Waals surface area contributed by atoms with Crippen LogP contribution in [0.15, 0.2) is 45.2 Å². The van der Waals surface area contributed by atoms with E-state index in [-0.39, 0.29) is 11.9 Å². The van der Waals surface area contributed by atoms with Crippen molar-refractivity contribution in [2.45, 2.75) is 23.1 Å². The van der Waals surface area contributed by atoms with E-state index >= 15 is 0 Å². The summed E-state index contributed by atoms with van der Waals surface area (Å²) in [5, 5.41) is 0.522. The van der Waals surface area contributed by atoms with Gasteiger partial charge in [-0.2, -0.15) is 0 Å². The highest BCUT2D eigenvalue weighted by Crippen LogP contribution is 2.32. The molecule has 0 radical (unpaired) electrons. The molecule has 1 heterocycles. The Hall–Kier alpha value is -1.33. The number of hydrogen-bond acceptors (Lipinski definition) is 4. The van der Waals surface area contributed by atoms with Gasteiger partial charge in [-0.25, -0.2) is 9.37 Å². The summed E-state index contributed by atoms with van der Waals surface area (Å²) in [6, 6.07) is 4.30. The van der Waals surface area contributed by atoms with Crippen molar-refractivity contribution in [3.8, 4) is 0 Å². The molecule has 0 saturated heterocycles. The second kappa shape index (κ2) is 4.67. The molecule has 1 aromatic heterocycles. The molecule has 3 nitrogen and oxygen atoms in total. The molecule has 0 aliphatic rings. The van der Waals surface area contributed by atoms with Crippen molar-refractivity contribution in [3.63, 3.8) is 0 Å². The normalized spacial score (nSPS) is 12.7. The quantitative estimate of drug-likeness (QED) is 0.893. The van der Waals surface area contributed by atoms with Crippen LogP contribution in [0.2, 0.25) is 0 Å². The monoisotopic (exact) mass is 238 g/mol. The fourth-order valence-electron chi connectivity index (χ4n) is 1.32. The summed E-state index contributed by atoms with van der Waals surface area (Å²) in [6.45, 7) is 1.81. The number of hydrogen-bond donors (Lipinski definition) is 1. The lowest BCUT2D eigenvalue weighted by Gasteiger charge is -2.10. The second-order valence-corrected chi connectivity index (χ2v) is 4.36. The Labute approximate surface area is 96.9 Å². The maximum absolute atomic E-state index is 13.1. The van der Waals surface area contributed by atoms with Crippen LogP contribution < -0.4 is 5.73 Å². The van der Waals surface area contributed by atoms with E-state index in [4.69, 9.17) is 10.2 Å². The van der Waals surface area contributed by atoms with Crippen LogP contribution in [0, 0.1) is 5.82 Å². The molecular formula is C11H11FN2OS. The van der Waals surface area contributed by atoms with Gasteiger partial charge in [0, 0.05) is 10.9 Å². The van der Waals surface area contributed by atoms with Gasteiger partial charge >= 0.3 is 0 Å². The molecule has 0 aliphatic carbocycles. The van der Waals surface area contributed by atoms with E-state index < -0.39 is 0 Å². The van der Waals surface area contributed by atoms with Crippen molar-refractivity contribution in [3.05, 3.63) is 42.0 Å². The summed E-state index contributed by atoms with van der Waals surface area (Å²) >= 11 is 1.33. The minimum Gasteiger partial charge on any atom is -0.440 e. The van der Waals surface area contributed by atoms with Crippen LogP contribution >= 0.6 is 11.8 Å². The van der Waals surface area contributed by atoms with E-state index in [0.717, 1.165) is 10.5 Å². The van der Waals surface area contributed by atoms with Crippen molar-refractivity contribution in [2.75, 3.05) is 0 Å². The summed E-state index contributed by atoms with van der Waals surface area (Å²) in [5.74, 6) is -0.288. The highest BCUT2D eigenvalue weighted by molar-refractivity contribution is 7.99. The van der Waals surface area contributed by atoms with Crippen molar-refractivity contribution in [1.82, 2.24) is 4.98 Å². The number of aromatic nitrogens is 1. The summed E-state index contributed by atoms with van der Waals surface area (Å²) in [7, 11) is 0. The van der Waals surface area contributed by atoms with Gasteiger partial charge in [0.25, 0.3) is 5.22 Å². The summed E-state index contributed by atoms with van der Waals surface area (Å²) in [6.07, 6.45) is 3.06. The Bertz CT molecular complexity index is 471. The molecule has 2 aromatic rings. The van der Waals surface area contributed by atoms with Crippen LogP contribution in [0.3, 0.4) is 0 Å². The first kappa shape index (κ1) is 11.2. The average Bonchev–Trinajstić information content (AvgIpc) is 2.73. The lowest BCUT2D eigenvalue weighted by molar-refractivity contribution is 0.454. The largest absolute Gasteiger partial charge is 0.440 e. The Morgan fingerprint density at radius 3 is 2.94 bits per heavy atom. The summed E-state index contributed by atoms with van der Waals surface area (Å²) in [5.41, 5.74) is 6.53. The Kier molecular flexibility index (Phi) is 3.26. The first-order chi connectivity index (χ1) is 7.66. The fourth-order valence-corrected chi connectivity index (χ4v) is 2.23. The van der Waals surface area contributed by atoms with E-state index in [9.17, 15) is 4.39 Å². The van der Waals surface area contributed by atoms with Crippen molar-refractivity contribution >= 4 is 11.8 Å². The summed E-state index contributed by atoms with van der Waals surface area (Å²) < 4.78 is 18.2. The molecular weight excluding hydrogens is 227 g/mol. The van der Waals surface area contributed by atoms with Crippen LogP contribution in [0.25, 0.3) is 0 Å². The molecule has 5 heteroatoms. The van der Waals surface area contributed by atoms with Gasteiger partial charge in [0.15, 0.2) is 0 Å². The van der Waals surface area contributed by atoms with E-state index in [1.807, 2.05) is 6.92 Å².